The smallest absolute Gasteiger partial charge is 0.0441 e. The number of halogens is 2. The summed E-state index contributed by atoms with van der Waals surface area (Å²) in [6.07, 6.45) is 2.70. The lowest BCUT2D eigenvalue weighted by atomic mass is 10.3. The minimum Gasteiger partial charge on any atom is -0.385 e. The molecule has 0 radical (unpaired) electrons. The first-order valence-corrected chi connectivity index (χ1v) is 5.19. The zero-order chi connectivity index (χ0) is 9.26. The van der Waals surface area contributed by atoms with Crippen LogP contribution >= 0.6 is 23.2 Å². The maximum absolute atomic E-state index is 5.86. The molecule has 0 spiro atoms. The molecule has 70 valence electrons. The molecule has 1 aromatic carbocycles. The van der Waals surface area contributed by atoms with Crippen LogP contribution in [0.25, 0.3) is 0 Å². The van der Waals surface area contributed by atoms with Crippen molar-refractivity contribution in [2.75, 3.05) is 11.9 Å². The van der Waals surface area contributed by atoms with E-state index in [9.17, 15) is 0 Å². The van der Waals surface area contributed by atoms with E-state index in [1.165, 1.54) is 12.8 Å². The largest absolute Gasteiger partial charge is 0.385 e. The van der Waals surface area contributed by atoms with Crippen molar-refractivity contribution >= 4 is 28.9 Å². The lowest BCUT2D eigenvalue weighted by Gasteiger charge is -2.05. The maximum Gasteiger partial charge on any atom is 0.0441 e. The summed E-state index contributed by atoms with van der Waals surface area (Å²) < 4.78 is 0. The summed E-state index contributed by atoms with van der Waals surface area (Å²) in [5.74, 6) is 0.859. The minimum absolute atomic E-state index is 0.686. The topological polar surface area (TPSA) is 12.0 Å². The summed E-state index contributed by atoms with van der Waals surface area (Å²) in [5, 5.41) is 4.69. The molecule has 3 heteroatoms. The summed E-state index contributed by atoms with van der Waals surface area (Å²) in [5.41, 5.74) is 1.02. The van der Waals surface area contributed by atoms with E-state index < -0.39 is 0 Å². The van der Waals surface area contributed by atoms with E-state index in [1.807, 2.05) is 12.1 Å². The van der Waals surface area contributed by atoms with Crippen molar-refractivity contribution < 1.29 is 0 Å². The Bertz CT molecular complexity index is 288. The Morgan fingerprint density at radius 2 is 1.77 bits per heavy atom. The van der Waals surface area contributed by atoms with Crippen molar-refractivity contribution in [3.63, 3.8) is 0 Å². The van der Waals surface area contributed by atoms with Crippen LogP contribution in [-0.2, 0) is 0 Å². The van der Waals surface area contributed by atoms with Crippen molar-refractivity contribution in [2.45, 2.75) is 12.8 Å². The van der Waals surface area contributed by atoms with Crippen LogP contribution in [0.2, 0.25) is 10.0 Å². The Morgan fingerprint density at radius 3 is 2.31 bits per heavy atom. The average molecular weight is 216 g/mol. The van der Waals surface area contributed by atoms with Gasteiger partial charge in [0.25, 0.3) is 0 Å². The molecule has 0 amide bonds. The SMILES string of the molecule is Clc1cc(Cl)cc(NCC2CC2)c1. The van der Waals surface area contributed by atoms with Gasteiger partial charge in [0.05, 0.1) is 0 Å². The molecule has 0 aromatic heterocycles. The van der Waals surface area contributed by atoms with Gasteiger partial charge in [-0.3, -0.25) is 0 Å². The van der Waals surface area contributed by atoms with E-state index >= 15 is 0 Å². The molecule has 0 atom stereocenters. The van der Waals surface area contributed by atoms with Gasteiger partial charge < -0.3 is 5.32 Å². The number of hydrogen-bond acceptors (Lipinski definition) is 1. The predicted molar refractivity (Wildman–Crippen MR) is 57.7 cm³/mol. The van der Waals surface area contributed by atoms with Crippen LogP contribution in [0.3, 0.4) is 0 Å². The molecule has 0 unspecified atom stereocenters. The van der Waals surface area contributed by atoms with E-state index in [0.717, 1.165) is 18.2 Å². The first-order valence-electron chi connectivity index (χ1n) is 4.44. The molecule has 1 aliphatic carbocycles. The van der Waals surface area contributed by atoms with E-state index in [2.05, 4.69) is 5.32 Å². The van der Waals surface area contributed by atoms with Crippen LogP contribution in [-0.4, -0.2) is 6.54 Å². The summed E-state index contributed by atoms with van der Waals surface area (Å²) in [6.45, 7) is 1.04. The van der Waals surface area contributed by atoms with Crippen molar-refractivity contribution in [3.05, 3.63) is 28.2 Å². The van der Waals surface area contributed by atoms with Crippen LogP contribution in [0.4, 0.5) is 5.69 Å². The third kappa shape index (κ3) is 2.78. The van der Waals surface area contributed by atoms with Crippen LogP contribution in [0.1, 0.15) is 12.8 Å². The monoisotopic (exact) mass is 215 g/mol. The van der Waals surface area contributed by atoms with Gasteiger partial charge >= 0.3 is 0 Å². The van der Waals surface area contributed by atoms with Crippen LogP contribution in [0, 0.1) is 5.92 Å². The highest BCUT2D eigenvalue weighted by molar-refractivity contribution is 6.35. The average Bonchev–Trinajstić information content (AvgIpc) is 2.81. The van der Waals surface area contributed by atoms with Gasteiger partial charge in [-0.05, 0) is 37.0 Å². The van der Waals surface area contributed by atoms with Gasteiger partial charge in [-0.2, -0.15) is 0 Å². The Hall–Kier alpha value is -0.400. The standard InChI is InChI=1S/C10H11Cl2N/c11-8-3-9(12)5-10(4-8)13-6-7-1-2-7/h3-5,7,13H,1-2,6H2. The van der Waals surface area contributed by atoms with Crippen molar-refractivity contribution in [3.8, 4) is 0 Å². The molecule has 0 aliphatic heterocycles. The highest BCUT2D eigenvalue weighted by Crippen LogP contribution is 2.30. The molecule has 13 heavy (non-hydrogen) atoms. The van der Waals surface area contributed by atoms with Gasteiger partial charge in [0.15, 0.2) is 0 Å². The minimum atomic E-state index is 0.686. The highest BCUT2D eigenvalue weighted by Gasteiger charge is 2.20. The van der Waals surface area contributed by atoms with E-state index in [4.69, 9.17) is 23.2 Å². The van der Waals surface area contributed by atoms with Gasteiger partial charge in [0, 0.05) is 22.3 Å². The number of anilines is 1. The summed E-state index contributed by atoms with van der Waals surface area (Å²) in [6, 6.07) is 5.54. The number of rotatable bonds is 3. The fourth-order valence-electron chi connectivity index (χ4n) is 1.24. The molecule has 1 saturated carbocycles. The summed E-state index contributed by atoms with van der Waals surface area (Å²) >= 11 is 11.7. The number of benzene rings is 1. The predicted octanol–water partition coefficient (Wildman–Crippen LogP) is 3.82. The second kappa shape index (κ2) is 3.77. The Balaban J connectivity index is 2.01. The van der Waals surface area contributed by atoms with Crippen molar-refractivity contribution in [2.24, 2.45) is 5.92 Å². The molecule has 1 aliphatic rings. The van der Waals surface area contributed by atoms with Gasteiger partial charge in [-0.25, -0.2) is 0 Å². The first-order chi connectivity index (χ1) is 6.24. The molecule has 0 saturated heterocycles. The van der Waals surface area contributed by atoms with E-state index in [1.54, 1.807) is 6.07 Å². The van der Waals surface area contributed by atoms with Crippen LogP contribution < -0.4 is 5.32 Å². The molecule has 1 nitrogen and oxygen atoms in total. The van der Waals surface area contributed by atoms with Crippen LogP contribution in [0.5, 0.6) is 0 Å². The Morgan fingerprint density at radius 1 is 1.15 bits per heavy atom. The maximum atomic E-state index is 5.86. The van der Waals surface area contributed by atoms with Gasteiger partial charge in [-0.1, -0.05) is 23.2 Å². The van der Waals surface area contributed by atoms with Gasteiger partial charge in [-0.15, -0.1) is 0 Å². The molecular formula is C10H11Cl2N. The zero-order valence-corrected chi connectivity index (χ0v) is 8.70. The normalized spacial score (nSPS) is 15.8. The lowest BCUT2D eigenvalue weighted by Crippen LogP contribution is -2.02. The number of nitrogens with one attached hydrogen (secondary N) is 1. The Labute approximate surface area is 88.0 Å². The second-order valence-corrected chi connectivity index (χ2v) is 4.36. The fourth-order valence-corrected chi connectivity index (χ4v) is 1.77. The van der Waals surface area contributed by atoms with E-state index in [-0.39, 0.29) is 0 Å². The molecule has 1 fully saturated rings. The highest BCUT2D eigenvalue weighted by atomic mass is 35.5. The number of hydrogen-bond donors (Lipinski definition) is 1. The molecule has 0 heterocycles. The molecule has 1 N–H and O–H groups in total. The third-order valence-electron chi connectivity index (χ3n) is 2.15. The molecule has 1 aromatic rings. The third-order valence-corrected chi connectivity index (χ3v) is 2.59. The lowest BCUT2D eigenvalue weighted by molar-refractivity contribution is 0.889. The Kier molecular flexibility index (Phi) is 2.66. The molecular weight excluding hydrogens is 205 g/mol. The van der Waals surface area contributed by atoms with Crippen molar-refractivity contribution in [1.82, 2.24) is 0 Å². The van der Waals surface area contributed by atoms with E-state index in [0.29, 0.717) is 10.0 Å². The fraction of sp³-hybridized carbons (Fsp3) is 0.400. The van der Waals surface area contributed by atoms with Crippen molar-refractivity contribution in [1.29, 1.82) is 0 Å². The zero-order valence-electron chi connectivity index (χ0n) is 7.19. The second-order valence-electron chi connectivity index (χ2n) is 3.48. The molecule has 2 rings (SSSR count). The van der Waals surface area contributed by atoms with Gasteiger partial charge in [0.1, 0.15) is 0 Å². The molecule has 0 bridgehead atoms. The summed E-state index contributed by atoms with van der Waals surface area (Å²) in [4.78, 5) is 0. The van der Waals surface area contributed by atoms with Crippen LogP contribution in [0.15, 0.2) is 18.2 Å². The summed E-state index contributed by atoms with van der Waals surface area (Å²) in [7, 11) is 0. The first kappa shape index (κ1) is 9.17. The van der Waals surface area contributed by atoms with Gasteiger partial charge in [0.2, 0.25) is 0 Å². The quantitative estimate of drug-likeness (QED) is 0.809.